The molecule has 1 unspecified atom stereocenters. The van der Waals surface area contributed by atoms with Crippen LogP contribution >= 0.6 is 0 Å². The number of rotatable bonds is 7. The van der Waals surface area contributed by atoms with Gasteiger partial charge in [0.2, 0.25) is 5.91 Å². The summed E-state index contributed by atoms with van der Waals surface area (Å²) < 4.78 is 0. The normalized spacial score (nSPS) is 12.1. The summed E-state index contributed by atoms with van der Waals surface area (Å²) in [5, 5.41) is 20.6. The van der Waals surface area contributed by atoms with Crippen LogP contribution in [0.1, 0.15) is 43.4 Å². The van der Waals surface area contributed by atoms with Crippen molar-refractivity contribution in [3.05, 3.63) is 78.8 Å². The van der Waals surface area contributed by atoms with E-state index in [1.807, 2.05) is 13.8 Å². The van der Waals surface area contributed by atoms with Gasteiger partial charge in [0, 0.05) is 16.8 Å². The zero-order valence-corrected chi connectivity index (χ0v) is 19.0. The standard InChI is InChI=1S/C23H23N5O3.C2H6/c1-4-11-23(3,13(2)29)22-27-20(15-10-9-14(19(25)31)12-17(15)24)26-21(28-22)16-7-5-6-8-18(16)30;1-2/h4-10,12,29-30H,1-2,11,24H2,3H3,(H2,25,31);1-2H3. The van der Waals surface area contributed by atoms with Gasteiger partial charge in [-0.25, -0.2) is 15.0 Å². The monoisotopic (exact) mass is 447 g/mol. The van der Waals surface area contributed by atoms with Gasteiger partial charge in [0.05, 0.1) is 16.7 Å². The Morgan fingerprint density at radius 3 is 2.21 bits per heavy atom. The number of primary amides is 1. The molecule has 0 aliphatic heterocycles. The summed E-state index contributed by atoms with van der Waals surface area (Å²) in [6, 6.07) is 11.1. The van der Waals surface area contributed by atoms with Crippen molar-refractivity contribution in [2.24, 2.45) is 5.73 Å². The number of amides is 1. The fourth-order valence-corrected chi connectivity index (χ4v) is 3.07. The molecular formula is C25H29N5O3. The van der Waals surface area contributed by atoms with Crippen molar-refractivity contribution >= 4 is 11.6 Å². The second-order valence-corrected chi connectivity index (χ2v) is 7.26. The Morgan fingerprint density at radius 2 is 1.70 bits per heavy atom. The van der Waals surface area contributed by atoms with Crippen LogP contribution in [-0.2, 0) is 5.41 Å². The molecule has 0 aliphatic rings. The molecule has 0 bridgehead atoms. The largest absolute Gasteiger partial charge is 0.512 e. The lowest BCUT2D eigenvalue weighted by atomic mass is 9.84. The molecular weight excluding hydrogens is 418 g/mol. The summed E-state index contributed by atoms with van der Waals surface area (Å²) in [4.78, 5) is 25.0. The molecule has 0 fully saturated rings. The van der Waals surface area contributed by atoms with Gasteiger partial charge in [-0.2, -0.15) is 0 Å². The number of carbonyl (C=O) groups excluding carboxylic acids is 1. The average Bonchev–Trinajstić information content (AvgIpc) is 2.80. The second-order valence-electron chi connectivity index (χ2n) is 7.26. The van der Waals surface area contributed by atoms with Crippen LogP contribution in [0.4, 0.5) is 5.69 Å². The predicted octanol–water partition coefficient (Wildman–Crippen LogP) is 4.52. The van der Waals surface area contributed by atoms with Crippen molar-refractivity contribution in [1.82, 2.24) is 15.0 Å². The van der Waals surface area contributed by atoms with Gasteiger partial charge < -0.3 is 21.7 Å². The van der Waals surface area contributed by atoms with Crippen LogP contribution < -0.4 is 11.5 Å². The van der Waals surface area contributed by atoms with E-state index in [0.29, 0.717) is 17.5 Å². The minimum absolute atomic E-state index is 0.0177. The van der Waals surface area contributed by atoms with Crippen molar-refractivity contribution < 1.29 is 15.0 Å². The highest BCUT2D eigenvalue weighted by Gasteiger charge is 2.34. The molecule has 1 aromatic heterocycles. The average molecular weight is 448 g/mol. The highest BCUT2D eigenvalue weighted by atomic mass is 16.3. The number of anilines is 1. The van der Waals surface area contributed by atoms with Crippen molar-refractivity contribution in [2.75, 3.05) is 5.73 Å². The molecule has 1 heterocycles. The first kappa shape index (κ1) is 25.1. The van der Waals surface area contributed by atoms with E-state index < -0.39 is 11.3 Å². The van der Waals surface area contributed by atoms with Gasteiger partial charge in [-0.1, -0.05) is 38.6 Å². The number of nitrogens with two attached hydrogens (primary N) is 2. The van der Waals surface area contributed by atoms with Crippen LogP contribution in [0.25, 0.3) is 22.8 Å². The Morgan fingerprint density at radius 1 is 1.09 bits per heavy atom. The SMILES string of the molecule is C=CCC(C)(C(=C)O)c1nc(-c2ccc(C(N)=O)cc2N)nc(-c2ccccc2O)n1.CC. The molecule has 33 heavy (non-hydrogen) atoms. The van der Waals surface area contributed by atoms with Gasteiger partial charge in [0.25, 0.3) is 0 Å². The first-order valence-electron chi connectivity index (χ1n) is 10.4. The van der Waals surface area contributed by atoms with E-state index in [-0.39, 0.29) is 40.2 Å². The number of hydrogen-bond donors (Lipinski definition) is 4. The number of nitrogens with zero attached hydrogens (tertiary/aromatic N) is 3. The van der Waals surface area contributed by atoms with Crippen molar-refractivity contribution in [3.63, 3.8) is 0 Å². The minimum atomic E-state index is -1.06. The molecule has 0 aliphatic carbocycles. The third-order valence-corrected chi connectivity index (χ3v) is 5.04. The summed E-state index contributed by atoms with van der Waals surface area (Å²) >= 11 is 0. The van der Waals surface area contributed by atoms with Gasteiger partial charge in [-0.05, 0) is 43.7 Å². The Hall–Kier alpha value is -4.20. The number of nitrogen functional groups attached to an aromatic ring is 1. The maximum atomic E-state index is 11.5. The van der Waals surface area contributed by atoms with Gasteiger partial charge in [-0.15, -0.1) is 6.58 Å². The molecule has 1 atom stereocenters. The summed E-state index contributed by atoms with van der Waals surface area (Å²) in [7, 11) is 0. The van der Waals surface area contributed by atoms with Gasteiger partial charge in [0.15, 0.2) is 11.6 Å². The molecule has 3 rings (SSSR count). The van der Waals surface area contributed by atoms with E-state index in [9.17, 15) is 15.0 Å². The number of para-hydroxylation sites is 1. The molecule has 3 aromatic rings. The third-order valence-electron chi connectivity index (χ3n) is 5.04. The molecule has 2 aromatic carbocycles. The number of aromatic nitrogens is 3. The lowest BCUT2D eigenvalue weighted by Gasteiger charge is -2.26. The Bertz CT molecular complexity index is 1190. The first-order valence-corrected chi connectivity index (χ1v) is 10.4. The van der Waals surface area contributed by atoms with E-state index in [2.05, 4.69) is 28.1 Å². The van der Waals surface area contributed by atoms with Gasteiger partial charge in [0.1, 0.15) is 11.6 Å². The van der Waals surface area contributed by atoms with Crippen molar-refractivity contribution in [1.29, 1.82) is 0 Å². The summed E-state index contributed by atoms with van der Waals surface area (Å²) in [5.74, 6) is -0.164. The summed E-state index contributed by atoms with van der Waals surface area (Å²) in [6.45, 7) is 13.1. The predicted molar refractivity (Wildman–Crippen MR) is 131 cm³/mol. The van der Waals surface area contributed by atoms with Crippen LogP contribution in [0.15, 0.2) is 67.5 Å². The number of allylic oxidation sites excluding steroid dienone is 2. The maximum absolute atomic E-state index is 11.5. The summed E-state index contributed by atoms with van der Waals surface area (Å²) in [5.41, 5.74) is 11.7. The number of aromatic hydroxyl groups is 1. The zero-order valence-electron chi connectivity index (χ0n) is 19.0. The smallest absolute Gasteiger partial charge is 0.248 e. The van der Waals surface area contributed by atoms with E-state index in [0.717, 1.165) is 0 Å². The lowest BCUT2D eigenvalue weighted by molar-refractivity contribution is 0.100. The summed E-state index contributed by atoms with van der Waals surface area (Å²) in [6.07, 6.45) is 1.93. The third kappa shape index (κ3) is 5.17. The second kappa shape index (κ2) is 10.4. The van der Waals surface area contributed by atoms with Crippen LogP contribution in [0.3, 0.4) is 0 Å². The molecule has 0 radical (unpaired) electrons. The number of aliphatic hydroxyl groups excluding tert-OH is 1. The Labute approximate surface area is 193 Å². The van der Waals surface area contributed by atoms with Gasteiger partial charge in [-0.3, -0.25) is 4.79 Å². The Kier molecular flexibility index (Phi) is 7.90. The fourth-order valence-electron chi connectivity index (χ4n) is 3.07. The Balaban J connectivity index is 0.00000187. The first-order chi connectivity index (χ1) is 15.7. The van der Waals surface area contributed by atoms with Crippen LogP contribution in [0.5, 0.6) is 5.75 Å². The van der Waals surface area contributed by atoms with Crippen LogP contribution in [0.2, 0.25) is 0 Å². The van der Waals surface area contributed by atoms with Crippen LogP contribution in [0, 0.1) is 0 Å². The molecule has 0 saturated carbocycles. The number of hydrogen-bond acceptors (Lipinski definition) is 7. The molecule has 6 N–H and O–H groups in total. The molecule has 8 nitrogen and oxygen atoms in total. The number of benzene rings is 2. The van der Waals surface area contributed by atoms with Gasteiger partial charge >= 0.3 is 0 Å². The van der Waals surface area contributed by atoms with Crippen molar-refractivity contribution in [2.45, 2.75) is 32.6 Å². The van der Waals surface area contributed by atoms with Crippen molar-refractivity contribution in [3.8, 4) is 28.5 Å². The van der Waals surface area contributed by atoms with Crippen LogP contribution in [-0.4, -0.2) is 31.1 Å². The fraction of sp³-hybridized carbons (Fsp3) is 0.200. The van der Waals surface area contributed by atoms with E-state index in [1.165, 1.54) is 18.2 Å². The molecule has 0 spiro atoms. The highest BCUT2D eigenvalue weighted by molar-refractivity contribution is 5.95. The maximum Gasteiger partial charge on any atom is 0.248 e. The minimum Gasteiger partial charge on any atom is -0.512 e. The lowest BCUT2D eigenvalue weighted by Crippen LogP contribution is -2.27. The quantitative estimate of drug-likeness (QED) is 0.236. The van der Waals surface area contributed by atoms with E-state index >= 15 is 0 Å². The zero-order chi connectivity index (χ0) is 24.8. The number of aliphatic hydroxyl groups is 1. The highest BCUT2D eigenvalue weighted by Crippen LogP contribution is 2.35. The van der Waals surface area contributed by atoms with E-state index in [1.54, 1.807) is 37.3 Å². The molecule has 172 valence electrons. The topological polar surface area (TPSA) is 148 Å². The molecule has 0 saturated heterocycles. The molecule has 1 amide bonds. The molecule has 8 heteroatoms. The number of phenolic OH excluding ortho intramolecular Hbond substituents is 1. The number of phenols is 1. The van der Waals surface area contributed by atoms with E-state index in [4.69, 9.17) is 11.5 Å². The number of carbonyl (C=O) groups is 1.